The van der Waals surface area contributed by atoms with E-state index in [1.807, 2.05) is 41.4 Å². The van der Waals surface area contributed by atoms with Gasteiger partial charge in [0.1, 0.15) is 0 Å². The third-order valence-corrected chi connectivity index (χ3v) is 4.40. The molecule has 2 heterocycles. The molecule has 1 unspecified atom stereocenters. The first-order chi connectivity index (χ1) is 10.1. The topological polar surface area (TPSA) is 62.1 Å². The summed E-state index contributed by atoms with van der Waals surface area (Å²) in [5.41, 5.74) is 8.64. The van der Waals surface area contributed by atoms with Crippen LogP contribution in [0.25, 0.3) is 11.1 Å². The van der Waals surface area contributed by atoms with Crippen LogP contribution < -0.4 is 5.73 Å². The highest BCUT2D eigenvalue weighted by molar-refractivity contribution is 6.01. The number of aromatic amines is 1. The Morgan fingerprint density at radius 3 is 2.68 bits per heavy atom. The van der Waals surface area contributed by atoms with Gasteiger partial charge >= 0.3 is 0 Å². The van der Waals surface area contributed by atoms with Crippen molar-refractivity contribution in [2.24, 2.45) is 11.1 Å². The maximum Gasteiger partial charge on any atom is 0.256 e. The molecule has 0 bridgehead atoms. The molecule has 4 nitrogen and oxygen atoms in total. The molecule has 2 aromatic rings. The maximum atomic E-state index is 12.8. The van der Waals surface area contributed by atoms with Crippen molar-refractivity contribution in [1.82, 2.24) is 9.88 Å². The summed E-state index contributed by atoms with van der Waals surface area (Å²) in [5, 5.41) is 0. The quantitative estimate of drug-likeness (QED) is 0.913. The second-order valence-electron chi connectivity index (χ2n) is 6.14. The lowest BCUT2D eigenvalue weighted by molar-refractivity contribution is 0.0778. The van der Waals surface area contributed by atoms with E-state index in [1.165, 1.54) is 0 Å². The first kappa shape index (κ1) is 16.6. The molecule has 1 aromatic heterocycles. The van der Waals surface area contributed by atoms with Crippen molar-refractivity contribution in [3.05, 3.63) is 48.3 Å². The second-order valence-corrected chi connectivity index (χ2v) is 6.14. The lowest BCUT2D eigenvalue weighted by atomic mass is 9.90. The SMILES string of the molecule is CC1(CN)CCN(C(=O)c2c[nH]cc2-c2ccccc2)C1.Cl. The van der Waals surface area contributed by atoms with Crippen LogP contribution >= 0.6 is 12.4 Å². The number of halogens is 1. The molecule has 22 heavy (non-hydrogen) atoms. The summed E-state index contributed by atoms with van der Waals surface area (Å²) >= 11 is 0. The molecule has 0 aliphatic carbocycles. The molecule has 1 saturated heterocycles. The van der Waals surface area contributed by atoms with E-state index in [0.717, 1.165) is 36.2 Å². The summed E-state index contributed by atoms with van der Waals surface area (Å²) in [7, 11) is 0. The number of likely N-dealkylation sites (tertiary alicyclic amines) is 1. The van der Waals surface area contributed by atoms with Crippen LogP contribution in [0.3, 0.4) is 0 Å². The van der Waals surface area contributed by atoms with Gasteiger partial charge in [-0.3, -0.25) is 4.79 Å². The number of amides is 1. The van der Waals surface area contributed by atoms with Gasteiger partial charge in [0, 0.05) is 31.0 Å². The summed E-state index contributed by atoms with van der Waals surface area (Å²) in [6.45, 7) is 4.29. The molecule has 0 radical (unpaired) electrons. The van der Waals surface area contributed by atoms with E-state index in [2.05, 4.69) is 11.9 Å². The monoisotopic (exact) mass is 319 g/mol. The Morgan fingerprint density at radius 2 is 2.05 bits per heavy atom. The molecule has 118 valence electrons. The Kier molecular flexibility index (Phi) is 4.94. The van der Waals surface area contributed by atoms with E-state index in [-0.39, 0.29) is 23.7 Å². The highest BCUT2D eigenvalue weighted by atomic mass is 35.5. The third kappa shape index (κ3) is 3.03. The van der Waals surface area contributed by atoms with Crippen molar-refractivity contribution in [2.75, 3.05) is 19.6 Å². The fourth-order valence-corrected chi connectivity index (χ4v) is 2.93. The van der Waals surface area contributed by atoms with Gasteiger partial charge in [-0.15, -0.1) is 12.4 Å². The van der Waals surface area contributed by atoms with Gasteiger partial charge in [-0.05, 0) is 23.9 Å². The highest BCUT2D eigenvalue weighted by Crippen LogP contribution is 2.31. The molecule has 1 fully saturated rings. The van der Waals surface area contributed by atoms with Crippen molar-refractivity contribution in [1.29, 1.82) is 0 Å². The van der Waals surface area contributed by atoms with Crippen LogP contribution in [-0.4, -0.2) is 35.4 Å². The third-order valence-electron chi connectivity index (χ3n) is 4.40. The predicted octanol–water partition coefficient (Wildman–Crippen LogP) is 2.91. The largest absolute Gasteiger partial charge is 0.366 e. The molecule has 1 aromatic carbocycles. The highest BCUT2D eigenvalue weighted by Gasteiger charge is 2.35. The van der Waals surface area contributed by atoms with E-state index >= 15 is 0 Å². The fraction of sp³-hybridized carbons (Fsp3) is 0.353. The Bertz CT molecular complexity index is 640. The normalized spacial score (nSPS) is 20.7. The lowest BCUT2D eigenvalue weighted by Crippen LogP contribution is -2.34. The van der Waals surface area contributed by atoms with Crippen LogP contribution in [0, 0.1) is 5.41 Å². The van der Waals surface area contributed by atoms with Crippen LogP contribution in [0.1, 0.15) is 23.7 Å². The molecule has 1 aliphatic rings. The van der Waals surface area contributed by atoms with Crippen molar-refractivity contribution in [3.63, 3.8) is 0 Å². The molecule has 1 aliphatic heterocycles. The van der Waals surface area contributed by atoms with Crippen LogP contribution in [-0.2, 0) is 0 Å². The van der Waals surface area contributed by atoms with Gasteiger partial charge in [-0.25, -0.2) is 0 Å². The minimum absolute atomic E-state index is 0. The predicted molar refractivity (Wildman–Crippen MR) is 91.2 cm³/mol. The summed E-state index contributed by atoms with van der Waals surface area (Å²) in [6.07, 6.45) is 4.66. The summed E-state index contributed by atoms with van der Waals surface area (Å²) in [6, 6.07) is 9.99. The second kappa shape index (κ2) is 6.55. The molecule has 1 amide bonds. The number of nitrogens with one attached hydrogen (secondary N) is 1. The van der Waals surface area contributed by atoms with Gasteiger partial charge in [0.2, 0.25) is 0 Å². The number of H-pyrrole nitrogens is 1. The van der Waals surface area contributed by atoms with Gasteiger partial charge in [-0.1, -0.05) is 37.3 Å². The van der Waals surface area contributed by atoms with E-state index < -0.39 is 0 Å². The minimum Gasteiger partial charge on any atom is -0.366 e. The van der Waals surface area contributed by atoms with Crippen LogP contribution in [0.2, 0.25) is 0 Å². The molecular formula is C17H22ClN3O. The van der Waals surface area contributed by atoms with Gasteiger partial charge in [0.15, 0.2) is 0 Å². The number of hydrogen-bond donors (Lipinski definition) is 2. The first-order valence-corrected chi connectivity index (χ1v) is 7.34. The molecule has 1 atom stereocenters. The number of carbonyl (C=O) groups excluding carboxylic acids is 1. The molecule has 0 saturated carbocycles. The van der Waals surface area contributed by atoms with Gasteiger partial charge in [0.05, 0.1) is 5.56 Å². The van der Waals surface area contributed by atoms with E-state index in [9.17, 15) is 4.79 Å². The average molecular weight is 320 g/mol. The summed E-state index contributed by atoms with van der Waals surface area (Å²) in [5.74, 6) is 0.0901. The minimum atomic E-state index is 0. The Balaban J connectivity index is 0.00000176. The number of hydrogen-bond acceptors (Lipinski definition) is 2. The fourth-order valence-electron chi connectivity index (χ4n) is 2.93. The van der Waals surface area contributed by atoms with Gasteiger partial charge in [-0.2, -0.15) is 0 Å². The Labute approximate surface area is 137 Å². The summed E-state index contributed by atoms with van der Waals surface area (Å²) < 4.78 is 0. The molecule has 3 N–H and O–H groups in total. The zero-order valence-corrected chi connectivity index (χ0v) is 13.5. The average Bonchev–Trinajstić information content (AvgIpc) is 3.15. The van der Waals surface area contributed by atoms with Gasteiger partial charge in [0.25, 0.3) is 5.91 Å². The Morgan fingerprint density at radius 1 is 1.32 bits per heavy atom. The number of nitrogens with zero attached hydrogens (tertiary/aromatic N) is 1. The number of nitrogens with two attached hydrogens (primary N) is 1. The number of carbonyl (C=O) groups is 1. The molecular weight excluding hydrogens is 298 g/mol. The zero-order chi connectivity index (χ0) is 14.9. The van der Waals surface area contributed by atoms with E-state index in [1.54, 1.807) is 6.20 Å². The molecule has 3 rings (SSSR count). The van der Waals surface area contributed by atoms with Crippen molar-refractivity contribution >= 4 is 18.3 Å². The number of rotatable bonds is 3. The van der Waals surface area contributed by atoms with Crippen molar-refractivity contribution in [2.45, 2.75) is 13.3 Å². The van der Waals surface area contributed by atoms with Crippen molar-refractivity contribution in [3.8, 4) is 11.1 Å². The maximum absolute atomic E-state index is 12.8. The standard InChI is InChI=1S/C17H21N3O.ClH/c1-17(11-18)7-8-20(12-17)16(21)15-10-19-9-14(15)13-5-3-2-4-6-13;/h2-6,9-10,19H,7-8,11-12,18H2,1H3;1H. The van der Waals surface area contributed by atoms with Gasteiger partial charge < -0.3 is 15.6 Å². The Hall–Kier alpha value is -1.78. The zero-order valence-electron chi connectivity index (χ0n) is 12.7. The summed E-state index contributed by atoms with van der Waals surface area (Å²) in [4.78, 5) is 17.8. The number of aromatic nitrogens is 1. The smallest absolute Gasteiger partial charge is 0.256 e. The number of benzene rings is 1. The first-order valence-electron chi connectivity index (χ1n) is 7.34. The van der Waals surface area contributed by atoms with Crippen LogP contribution in [0.15, 0.2) is 42.7 Å². The lowest BCUT2D eigenvalue weighted by Gasteiger charge is -2.22. The van der Waals surface area contributed by atoms with Crippen LogP contribution in [0.5, 0.6) is 0 Å². The molecule has 5 heteroatoms. The van der Waals surface area contributed by atoms with E-state index in [4.69, 9.17) is 5.73 Å². The van der Waals surface area contributed by atoms with E-state index in [0.29, 0.717) is 6.54 Å². The van der Waals surface area contributed by atoms with Crippen molar-refractivity contribution < 1.29 is 4.79 Å². The molecule has 0 spiro atoms. The van der Waals surface area contributed by atoms with Crippen LogP contribution in [0.4, 0.5) is 0 Å².